The summed E-state index contributed by atoms with van der Waals surface area (Å²) in [5.74, 6) is 0. The van der Waals surface area contributed by atoms with Crippen LogP contribution in [0.2, 0.25) is 0 Å². The lowest BCUT2D eigenvalue weighted by Gasteiger charge is -2.21. The number of benzene rings is 6. The number of rotatable bonds is 4. The number of aromatic nitrogens is 2. The molecule has 0 spiro atoms. The molecule has 5 heteroatoms. The summed E-state index contributed by atoms with van der Waals surface area (Å²) in [6, 6.07) is 49.8. The molecule has 2 heterocycles. The first kappa shape index (κ1) is 29.0. The Morgan fingerprint density at radius 1 is 0.540 bits per heavy atom. The molecule has 1 aliphatic rings. The molecule has 6 aromatic carbocycles. The van der Waals surface area contributed by atoms with Gasteiger partial charge in [-0.15, -0.1) is 0 Å². The van der Waals surface area contributed by atoms with Gasteiger partial charge in [-0.1, -0.05) is 85.0 Å². The van der Waals surface area contributed by atoms with Gasteiger partial charge in [0.1, 0.15) is 0 Å². The molecule has 0 bridgehead atoms. The minimum Gasteiger partial charge on any atom is -0.333 e. The molecular weight excluding hydrogens is 611 g/mol. The summed E-state index contributed by atoms with van der Waals surface area (Å²) < 4.78 is 4.56. The Morgan fingerprint density at radius 3 is 1.94 bits per heavy atom. The molecular formula is C45H27N5. The van der Waals surface area contributed by atoms with Gasteiger partial charge in [-0.2, -0.15) is 15.8 Å². The summed E-state index contributed by atoms with van der Waals surface area (Å²) in [7, 11) is 0. The highest BCUT2D eigenvalue weighted by Crippen LogP contribution is 2.40. The van der Waals surface area contributed by atoms with Crippen molar-refractivity contribution in [1.82, 2.24) is 9.13 Å². The molecule has 1 atom stereocenters. The minimum atomic E-state index is 0.188. The van der Waals surface area contributed by atoms with Crippen LogP contribution in [-0.4, -0.2) is 9.13 Å². The van der Waals surface area contributed by atoms with Crippen LogP contribution in [0, 0.1) is 34.0 Å². The van der Waals surface area contributed by atoms with Crippen molar-refractivity contribution in [3.63, 3.8) is 0 Å². The van der Waals surface area contributed by atoms with Crippen LogP contribution in [0.1, 0.15) is 34.7 Å². The molecule has 0 aliphatic heterocycles. The van der Waals surface area contributed by atoms with E-state index in [1.807, 2.05) is 48.5 Å². The van der Waals surface area contributed by atoms with Gasteiger partial charge < -0.3 is 9.13 Å². The first-order valence-electron chi connectivity index (χ1n) is 16.6. The normalized spacial score (nSPS) is 14.1. The maximum absolute atomic E-state index is 10.4. The third-order valence-corrected chi connectivity index (χ3v) is 9.94. The van der Waals surface area contributed by atoms with Crippen LogP contribution >= 0.6 is 0 Å². The van der Waals surface area contributed by atoms with Gasteiger partial charge in [0, 0.05) is 38.1 Å². The monoisotopic (exact) mass is 637 g/mol. The number of nitrogens with zero attached hydrogens (tertiary/aromatic N) is 5. The lowest BCUT2D eigenvalue weighted by atomic mass is 9.92. The van der Waals surface area contributed by atoms with Crippen LogP contribution in [0.5, 0.6) is 0 Å². The number of hydrogen-bond donors (Lipinski definition) is 0. The smallest absolute Gasteiger partial charge is 0.0998 e. The maximum atomic E-state index is 10.4. The fourth-order valence-electron chi connectivity index (χ4n) is 7.72. The van der Waals surface area contributed by atoms with Gasteiger partial charge in [0.15, 0.2) is 0 Å². The first-order chi connectivity index (χ1) is 24.7. The minimum absolute atomic E-state index is 0.188. The van der Waals surface area contributed by atoms with E-state index in [1.54, 1.807) is 6.07 Å². The van der Waals surface area contributed by atoms with E-state index in [-0.39, 0.29) is 6.04 Å². The van der Waals surface area contributed by atoms with Gasteiger partial charge in [0.2, 0.25) is 0 Å². The van der Waals surface area contributed by atoms with Crippen molar-refractivity contribution in [1.29, 1.82) is 15.8 Å². The average Bonchev–Trinajstić information content (AvgIpc) is 3.69. The van der Waals surface area contributed by atoms with Crippen LogP contribution in [0.15, 0.2) is 146 Å². The largest absolute Gasteiger partial charge is 0.333 e. The molecule has 0 fully saturated rings. The highest BCUT2D eigenvalue weighted by atomic mass is 15.0. The fraction of sp³-hybridized carbons (Fsp3) is 0.0444. The van der Waals surface area contributed by atoms with Crippen LogP contribution in [0.3, 0.4) is 0 Å². The third kappa shape index (κ3) is 4.45. The Morgan fingerprint density at radius 2 is 1.22 bits per heavy atom. The van der Waals surface area contributed by atoms with E-state index in [0.717, 1.165) is 56.2 Å². The van der Waals surface area contributed by atoms with Crippen LogP contribution < -0.4 is 0 Å². The Labute approximate surface area is 288 Å². The van der Waals surface area contributed by atoms with Crippen LogP contribution in [-0.2, 0) is 0 Å². The van der Waals surface area contributed by atoms with Crippen LogP contribution in [0.25, 0.3) is 66.0 Å². The predicted octanol–water partition coefficient (Wildman–Crippen LogP) is 10.8. The lowest BCUT2D eigenvalue weighted by molar-refractivity contribution is 0.649. The predicted molar refractivity (Wildman–Crippen MR) is 201 cm³/mol. The second-order valence-corrected chi connectivity index (χ2v) is 12.6. The molecule has 232 valence electrons. The van der Waals surface area contributed by atoms with Crippen molar-refractivity contribution in [2.75, 3.05) is 0 Å². The van der Waals surface area contributed by atoms with E-state index < -0.39 is 0 Å². The van der Waals surface area contributed by atoms with E-state index >= 15 is 0 Å². The Hall–Kier alpha value is -7.13. The number of nitriles is 3. The Kier molecular flexibility index (Phi) is 6.70. The first-order valence-corrected chi connectivity index (χ1v) is 16.6. The van der Waals surface area contributed by atoms with Gasteiger partial charge >= 0.3 is 0 Å². The molecule has 8 aromatic rings. The van der Waals surface area contributed by atoms with Gasteiger partial charge in [-0.25, -0.2) is 0 Å². The molecule has 1 unspecified atom stereocenters. The zero-order valence-corrected chi connectivity index (χ0v) is 26.9. The molecule has 0 saturated heterocycles. The van der Waals surface area contributed by atoms with Crippen molar-refractivity contribution in [2.45, 2.75) is 12.5 Å². The topological polar surface area (TPSA) is 81.2 Å². The molecule has 0 amide bonds. The summed E-state index contributed by atoms with van der Waals surface area (Å²) in [6.07, 6.45) is 7.69. The van der Waals surface area contributed by atoms with Crippen molar-refractivity contribution in [3.05, 3.63) is 168 Å². The number of allylic oxidation sites excluding steroid dienone is 4. The second kappa shape index (κ2) is 11.5. The van der Waals surface area contributed by atoms with E-state index in [4.69, 9.17) is 0 Å². The average molecular weight is 638 g/mol. The van der Waals surface area contributed by atoms with Crippen LogP contribution in [0.4, 0.5) is 0 Å². The second-order valence-electron chi connectivity index (χ2n) is 12.6. The Bertz CT molecular complexity index is 2840. The Balaban J connectivity index is 1.16. The summed E-state index contributed by atoms with van der Waals surface area (Å²) in [6.45, 7) is 0. The van der Waals surface area contributed by atoms with Gasteiger partial charge in [0.05, 0.1) is 57.7 Å². The van der Waals surface area contributed by atoms with E-state index in [1.165, 1.54) is 21.8 Å². The lowest BCUT2D eigenvalue weighted by Crippen LogP contribution is -2.08. The highest BCUT2D eigenvalue weighted by Gasteiger charge is 2.21. The molecule has 5 nitrogen and oxygen atoms in total. The molecule has 0 N–H and O–H groups in total. The van der Waals surface area contributed by atoms with Crippen molar-refractivity contribution in [2.24, 2.45) is 0 Å². The molecule has 1 aliphatic carbocycles. The summed E-state index contributed by atoms with van der Waals surface area (Å²) in [4.78, 5) is 0. The fourth-order valence-corrected chi connectivity index (χ4v) is 7.72. The summed E-state index contributed by atoms with van der Waals surface area (Å²) in [5.41, 5.74) is 10.7. The van der Waals surface area contributed by atoms with Crippen molar-refractivity contribution < 1.29 is 0 Å². The standard InChI is InChI=1S/C45H27N5/c46-26-29-16-22-42-39(23-29)38-21-15-30(27-47)24-44(38)50(42)43-14-6-9-34(28-48)45(43)33-8-5-7-32(25-33)31-17-19-35(20-18-31)49-40-12-3-1-10-36(40)37-11-2-4-13-41(37)49/h1-19,21-25,35H,20H2. The van der Waals surface area contributed by atoms with Gasteiger partial charge in [-0.05, 0) is 83.8 Å². The van der Waals surface area contributed by atoms with E-state index in [0.29, 0.717) is 16.7 Å². The maximum Gasteiger partial charge on any atom is 0.0998 e. The summed E-state index contributed by atoms with van der Waals surface area (Å²) >= 11 is 0. The molecule has 0 saturated carbocycles. The van der Waals surface area contributed by atoms with Gasteiger partial charge in [0.25, 0.3) is 0 Å². The zero-order chi connectivity index (χ0) is 33.8. The molecule has 0 radical (unpaired) electrons. The molecule has 9 rings (SSSR count). The SMILES string of the molecule is N#Cc1ccc2c(c1)c1ccc(C#N)cc1n2-c1cccc(C#N)c1-c1cccc(C2=CCC(n3c4ccccc4c4ccccc43)C=C2)c1. The van der Waals surface area contributed by atoms with Gasteiger partial charge in [-0.3, -0.25) is 0 Å². The third-order valence-electron chi connectivity index (χ3n) is 9.94. The van der Waals surface area contributed by atoms with Crippen molar-refractivity contribution in [3.8, 4) is 35.0 Å². The molecule has 2 aromatic heterocycles. The van der Waals surface area contributed by atoms with E-state index in [9.17, 15) is 15.8 Å². The molecule has 50 heavy (non-hydrogen) atoms. The number of hydrogen-bond acceptors (Lipinski definition) is 3. The highest BCUT2D eigenvalue weighted by molar-refractivity contribution is 6.11. The van der Waals surface area contributed by atoms with Crippen molar-refractivity contribution >= 4 is 49.2 Å². The zero-order valence-electron chi connectivity index (χ0n) is 26.9. The summed E-state index contributed by atoms with van der Waals surface area (Å²) in [5, 5.41) is 34.3. The number of fused-ring (bicyclic) bond motifs is 6. The van der Waals surface area contributed by atoms with E-state index in [2.05, 4.69) is 118 Å². The quantitative estimate of drug-likeness (QED) is 0.193. The number of para-hydroxylation sites is 2.